The third-order valence-corrected chi connectivity index (χ3v) is 5.88. The number of amides is 4. The predicted molar refractivity (Wildman–Crippen MR) is 109 cm³/mol. The molecule has 1 spiro atoms. The Morgan fingerprint density at radius 3 is 2.45 bits per heavy atom. The van der Waals surface area contributed by atoms with E-state index in [9.17, 15) is 14.4 Å². The molecule has 2 heterocycles. The lowest BCUT2D eigenvalue weighted by Gasteiger charge is -2.37. The molecule has 1 N–H and O–H groups in total. The van der Waals surface area contributed by atoms with Crippen molar-refractivity contribution in [2.45, 2.75) is 31.7 Å². The van der Waals surface area contributed by atoms with Gasteiger partial charge in [0.25, 0.3) is 11.8 Å². The Morgan fingerprint density at radius 2 is 1.76 bits per heavy atom. The van der Waals surface area contributed by atoms with E-state index < -0.39 is 5.54 Å². The number of nitrogens with one attached hydrogen (secondary N) is 1. The molecule has 2 aliphatic heterocycles. The van der Waals surface area contributed by atoms with E-state index in [1.54, 1.807) is 4.90 Å². The van der Waals surface area contributed by atoms with Gasteiger partial charge in [0, 0.05) is 25.2 Å². The van der Waals surface area contributed by atoms with E-state index in [1.165, 1.54) is 4.90 Å². The quantitative estimate of drug-likeness (QED) is 0.815. The first-order valence-electron chi connectivity index (χ1n) is 10.0. The van der Waals surface area contributed by atoms with Crippen LogP contribution in [0, 0.1) is 6.92 Å². The van der Waals surface area contributed by atoms with E-state index in [-0.39, 0.29) is 17.8 Å². The summed E-state index contributed by atoms with van der Waals surface area (Å²) in [6.45, 7) is 3.22. The van der Waals surface area contributed by atoms with Gasteiger partial charge in [-0.15, -0.1) is 0 Å². The van der Waals surface area contributed by atoms with Gasteiger partial charge in [0.15, 0.2) is 0 Å². The molecular weight excluding hydrogens is 366 g/mol. The number of urea groups is 1. The van der Waals surface area contributed by atoms with Gasteiger partial charge in [0.2, 0.25) is 0 Å². The maximum Gasteiger partial charge on any atom is 0.325 e. The van der Waals surface area contributed by atoms with E-state index in [1.807, 2.05) is 61.5 Å². The Bertz CT molecular complexity index is 933. The number of carbonyl (C=O) groups excluding carboxylic acids is 3. The Kier molecular flexibility index (Phi) is 5.09. The lowest BCUT2D eigenvalue weighted by Crippen LogP contribution is -2.55. The molecule has 2 fully saturated rings. The summed E-state index contributed by atoms with van der Waals surface area (Å²) in [5.74, 6) is -0.192. The van der Waals surface area contributed by atoms with Gasteiger partial charge < -0.3 is 10.2 Å². The number of likely N-dealkylation sites (tertiary alicyclic amines) is 1. The minimum Gasteiger partial charge on any atom is -0.338 e. The molecule has 0 aliphatic carbocycles. The molecule has 0 bridgehead atoms. The van der Waals surface area contributed by atoms with Gasteiger partial charge in [-0.05, 0) is 43.9 Å². The van der Waals surface area contributed by atoms with Gasteiger partial charge in [-0.2, -0.15) is 0 Å². The number of piperidine rings is 1. The van der Waals surface area contributed by atoms with Crippen LogP contribution in [0.5, 0.6) is 0 Å². The minimum atomic E-state index is -0.878. The molecule has 4 rings (SSSR count). The van der Waals surface area contributed by atoms with Crippen LogP contribution < -0.4 is 5.32 Å². The molecule has 150 valence electrons. The summed E-state index contributed by atoms with van der Waals surface area (Å²) >= 11 is 0. The van der Waals surface area contributed by atoms with Gasteiger partial charge >= 0.3 is 6.03 Å². The average molecular weight is 391 g/mol. The fourth-order valence-corrected chi connectivity index (χ4v) is 4.16. The van der Waals surface area contributed by atoms with Crippen LogP contribution in [-0.2, 0) is 11.2 Å². The summed E-state index contributed by atoms with van der Waals surface area (Å²) in [7, 11) is 0. The lowest BCUT2D eigenvalue weighted by molar-refractivity contribution is -0.132. The summed E-state index contributed by atoms with van der Waals surface area (Å²) in [6.07, 6.45) is 1.52. The van der Waals surface area contributed by atoms with Crippen molar-refractivity contribution in [3.05, 3.63) is 71.3 Å². The number of carbonyl (C=O) groups is 3. The highest BCUT2D eigenvalue weighted by atomic mass is 16.2. The lowest BCUT2D eigenvalue weighted by atomic mass is 9.87. The zero-order valence-corrected chi connectivity index (χ0v) is 16.6. The van der Waals surface area contributed by atoms with Gasteiger partial charge in [-0.3, -0.25) is 14.5 Å². The maximum absolute atomic E-state index is 13.0. The molecule has 0 aromatic heterocycles. The van der Waals surface area contributed by atoms with E-state index in [4.69, 9.17) is 0 Å². The molecule has 2 saturated heterocycles. The van der Waals surface area contributed by atoms with Crippen molar-refractivity contribution in [3.8, 4) is 0 Å². The van der Waals surface area contributed by atoms with Crippen LogP contribution in [0.3, 0.4) is 0 Å². The van der Waals surface area contributed by atoms with Crippen molar-refractivity contribution in [2.75, 3.05) is 19.6 Å². The number of benzene rings is 2. The molecular formula is C23H25N3O3. The highest BCUT2D eigenvalue weighted by Crippen LogP contribution is 2.30. The molecule has 6 heteroatoms. The molecule has 0 unspecified atom stereocenters. The fraction of sp³-hybridized carbons (Fsp3) is 0.348. The summed E-state index contributed by atoms with van der Waals surface area (Å²) in [6, 6.07) is 17.0. The highest BCUT2D eigenvalue weighted by molar-refractivity contribution is 6.07. The third kappa shape index (κ3) is 3.75. The number of rotatable bonds is 4. The van der Waals surface area contributed by atoms with E-state index in [0.29, 0.717) is 44.5 Å². The van der Waals surface area contributed by atoms with E-state index >= 15 is 0 Å². The molecule has 2 aliphatic rings. The maximum atomic E-state index is 13.0. The molecule has 0 atom stereocenters. The molecule has 2 aromatic rings. The van der Waals surface area contributed by atoms with Crippen molar-refractivity contribution in [2.24, 2.45) is 0 Å². The van der Waals surface area contributed by atoms with Gasteiger partial charge in [0.05, 0.1) is 0 Å². The topological polar surface area (TPSA) is 69.7 Å². The zero-order chi connectivity index (χ0) is 20.4. The van der Waals surface area contributed by atoms with E-state index in [2.05, 4.69) is 5.32 Å². The second kappa shape index (κ2) is 7.70. The van der Waals surface area contributed by atoms with Gasteiger partial charge in [-0.25, -0.2) is 4.79 Å². The molecule has 6 nitrogen and oxygen atoms in total. The Morgan fingerprint density at radius 1 is 1.03 bits per heavy atom. The van der Waals surface area contributed by atoms with Crippen molar-refractivity contribution in [1.29, 1.82) is 0 Å². The number of imide groups is 1. The highest BCUT2D eigenvalue weighted by Gasteiger charge is 2.52. The molecule has 29 heavy (non-hydrogen) atoms. The van der Waals surface area contributed by atoms with Crippen LogP contribution in [0.2, 0.25) is 0 Å². The smallest absolute Gasteiger partial charge is 0.325 e. The van der Waals surface area contributed by atoms with Crippen molar-refractivity contribution in [3.63, 3.8) is 0 Å². The predicted octanol–water partition coefficient (Wildman–Crippen LogP) is 2.76. The van der Waals surface area contributed by atoms with Crippen LogP contribution >= 0.6 is 0 Å². The Balaban J connectivity index is 1.39. The van der Waals surface area contributed by atoms with Crippen molar-refractivity contribution in [1.82, 2.24) is 15.1 Å². The Hall–Kier alpha value is -3.15. The number of nitrogens with zero attached hydrogens (tertiary/aromatic N) is 2. The second-order valence-corrected chi connectivity index (χ2v) is 7.87. The van der Waals surface area contributed by atoms with Crippen LogP contribution in [0.15, 0.2) is 54.6 Å². The summed E-state index contributed by atoms with van der Waals surface area (Å²) in [5, 5.41) is 2.91. The monoisotopic (exact) mass is 391 g/mol. The SMILES string of the molecule is Cc1cccc(C(=O)N2CCC3(CC2)NC(=O)N(CCc2ccccc2)C3=O)c1. The van der Waals surface area contributed by atoms with Gasteiger partial charge in [0.1, 0.15) is 5.54 Å². The Labute approximate surface area is 170 Å². The molecule has 4 amide bonds. The average Bonchev–Trinajstić information content (AvgIpc) is 2.96. The molecule has 2 aromatic carbocycles. The first-order valence-corrected chi connectivity index (χ1v) is 10.0. The fourth-order valence-electron chi connectivity index (χ4n) is 4.16. The zero-order valence-electron chi connectivity index (χ0n) is 16.6. The summed E-state index contributed by atoms with van der Waals surface area (Å²) in [5.41, 5.74) is 1.91. The standard InChI is InChI=1S/C23H25N3O3/c1-17-6-5-9-19(16-17)20(27)25-14-11-23(12-15-25)21(28)26(22(29)24-23)13-10-18-7-3-2-4-8-18/h2-9,16H,10-15H2,1H3,(H,24,29). The van der Waals surface area contributed by atoms with Crippen LogP contribution in [0.4, 0.5) is 4.79 Å². The molecule has 0 saturated carbocycles. The van der Waals surface area contributed by atoms with Crippen LogP contribution in [0.25, 0.3) is 0 Å². The summed E-state index contributed by atoms with van der Waals surface area (Å²) in [4.78, 5) is 41.4. The number of hydrogen-bond acceptors (Lipinski definition) is 3. The third-order valence-electron chi connectivity index (χ3n) is 5.88. The first-order chi connectivity index (χ1) is 14.0. The van der Waals surface area contributed by atoms with E-state index in [0.717, 1.165) is 11.1 Å². The first kappa shape index (κ1) is 19.2. The second-order valence-electron chi connectivity index (χ2n) is 7.87. The largest absolute Gasteiger partial charge is 0.338 e. The van der Waals surface area contributed by atoms with Gasteiger partial charge in [-0.1, -0.05) is 48.0 Å². The number of hydrogen-bond donors (Lipinski definition) is 1. The van der Waals surface area contributed by atoms with Crippen molar-refractivity contribution < 1.29 is 14.4 Å². The van der Waals surface area contributed by atoms with Crippen molar-refractivity contribution >= 4 is 17.8 Å². The minimum absolute atomic E-state index is 0.0266. The summed E-state index contributed by atoms with van der Waals surface area (Å²) < 4.78 is 0. The van der Waals surface area contributed by atoms with Crippen LogP contribution in [-0.4, -0.2) is 52.8 Å². The normalized spacial score (nSPS) is 18.2. The van der Waals surface area contributed by atoms with Crippen LogP contribution in [0.1, 0.15) is 34.3 Å². The number of aryl methyl sites for hydroxylation is 1. The molecule has 0 radical (unpaired) electrons.